The van der Waals surface area contributed by atoms with Crippen LogP contribution in [0.3, 0.4) is 0 Å². The lowest BCUT2D eigenvalue weighted by molar-refractivity contribution is -0.168. The summed E-state index contributed by atoms with van der Waals surface area (Å²) in [7, 11) is 0. The number of nitrogens with one attached hydrogen (secondary N) is 2. The summed E-state index contributed by atoms with van der Waals surface area (Å²) in [6, 6.07) is 0.497. The first kappa shape index (κ1) is 23.2. The molecule has 3 aliphatic rings. The second-order valence-electron chi connectivity index (χ2n) is 8.57. The van der Waals surface area contributed by atoms with E-state index in [9.17, 15) is 0 Å². The van der Waals surface area contributed by atoms with Crippen LogP contribution in [0, 0.1) is 5.41 Å². The van der Waals surface area contributed by atoms with Crippen LogP contribution in [0.2, 0.25) is 0 Å². The Morgan fingerprint density at radius 1 is 1.26 bits per heavy atom. The first-order valence-electron chi connectivity index (χ1n) is 10.5. The van der Waals surface area contributed by atoms with E-state index in [-0.39, 0.29) is 29.5 Å². The molecule has 1 aliphatic heterocycles. The van der Waals surface area contributed by atoms with Gasteiger partial charge in [-0.25, -0.2) is 0 Å². The molecule has 3 fully saturated rings. The minimum Gasteiger partial charge on any atom is -0.379 e. The number of halogens is 1. The zero-order valence-corrected chi connectivity index (χ0v) is 19.9. The lowest BCUT2D eigenvalue weighted by Crippen LogP contribution is -2.68. The summed E-state index contributed by atoms with van der Waals surface area (Å²) in [6.45, 7) is 14.9. The van der Waals surface area contributed by atoms with Gasteiger partial charge in [0.05, 0.1) is 25.9 Å². The fraction of sp³-hybridized carbons (Fsp3) is 0.950. The third-order valence-electron chi connectivity index (χ3n) is 6.58. The number of hydrogen-bond donors (Lipinski definition) is 2. The van der Waals surface area contributed by atoms with Crippen molar-refractivity contribution < 1.29 is 9.47 Å². The van der Waals surface area contributed by atoms with E-state index in [1.54, 1.807) is 0 Å². The lowest BCUT2D eigenvalue weighted by Gasteiger charge is -2.61. The van der Waals surface area contributed by atoms with Crippen molar-refractivity contribution in [2.75, 3.05) is 46.0 Å². The van der Waals surface area contributed by atoms with E-state index in [0.717, 1.165) is 58.4 Å². The van der Waals surface area contributed by atoms with Gasteiger partial charge in [0.25, 0.3) is 0 Å². The number of nitrogens with zero attached hydrogens (tertiary/aromatic N) is 2. The number of guanidine groups is 1. The monoisotopic (exact) mass is 494 g/mol. The number of rotatable bonds is 7. The van der Waals surface area contributed by atoms with Crippen LogP contribution in [0.25, 0.3) is 0 Å². The SMILES string of the molecule is CCNC(=NCC(C)(C)N1CCOCC1)NC1CC(OCC)C12CCC2.I. The number of aliphatic imine (C=N–C) groups is 1. The molecule has 3 rings (SSSR count). The van der Waals surface area contributed by atoms with E-state index in [1.807, 2.05) is 0 Å². The van der Waals surface area contributed by atoms with Crippen molar-refractivity contribution in [3.63, 3.8) is 0 Å². The molecule has 2 atom stereocenters. The molecule has 27 heavy (non-hydrogen) atoms. The smallest absolute Gasteiger partial charge is 0.191 e. The largest absolute Gasteiger partial charge is 0.379 e. The summed E-state index contributed by atoms with van der Waals surface area (Å²) in [5.74, 6) is 0.958. The molecule has 2 unspecified atom stereocenters. The average Bonchev–Trinajstić information content (AvgIpc) is 2.58. The Labute approximate surface area is 182 Å². The Morgan fingerprint density at radius 2 is 1.96 bits per heavy atom. The first-order valence-corrected chi connectivity index (χ1v) is 10.5. The molecule has 7 heteroatoms. The molecule has 0 aromatic heterocycles. The topological polar surface area (TPSA) is 58.1 Å². The fourth-order valence-corrected chi connectivity index (χ4v) is 4.67. The lowest BCUT2D eigenvalue weighted by atomic mass is 9.51. The van der Waals surface area contributed by atoms with E-state index in [4.69, 9.17) is 14.5 Å². The van der Waals surface area contributed by atoms with Gasteiger partial charge < -0.3 is 20.1 Å². The van der Waals surface area contributed by atoms with Crippen molar-refractivity contribution in [1.82, 2.24) is 15.5 Å². The van der Waals surface area contributed by atoms with Gasteiger partial charge in [0, 0.05) is 43.2 Å². The quantitative estimate of drug-likeness (QED) is 0.324. The van der Waals surface area contributed by atoms with Gasteiger partial charge in [-0.3, -0.25) is 9.89 Å². The van der Waals surface area contributed by atoms with E-state index in [1.165, 1.54) is 19.3 Å². The third-order valence-corrected chi connectivity index (χ3v) is 6.58. The molecular weight excluding hydrogens is 455 g/mol. The highest BCUT2D eigenvalue weighted by Gasteiger charge is 2.59. The Kier molecular flexibility index (Phi) is 8.64. The van der Waals surface area contributed by atoms with Crippen LogP contribution in [-0.4, -0.2) is 74.5 Å². The van der Waals surface area contributed by atoms with Gasteiger partial charge in [-0.15, -0.1) is 24.0 Å². The van der Waals surface area contributed by atoms with Gasteiger partial charge in [0.2, 0.25) is 0 Å². The number of morpholine rings is 1. The standard InChI is InChI=1S/C20H38N4O2.HI/c1-5-21-18(22-15-19(3,4)24-10-12-25-13-11-24)23-16-14-17(26-6-2)20(16)8-7-9-20;/h16-17H,5-15H2,1-4H3,(H2,21,22,23);1H. The average molecular weight is 494 g/mol. The van der Waals surface area contributed by atoms with E-state index in [0.29, 0.717) is 17.6 Å². The minimum atomic E-state index is 0. The maximum atomic E-state index is 5.98. The van der Waals surface area contributed by atoms with Crippen molar-refractivity contribution in [2.24, 2.45) is 10.4 Å². The highest BCUT2D eigenvalue weighted by Crippen LogP contribution is 2.57. The zero-order chi connectivity index (χ0) is 18.6. The summed E-state index contributed by atoms with van der Waals surface area (Å²) in [5, 5.41) is 7.17. The van der Waals surface area contributed by atoms with E-state index < -0.39 is 0 Å². The molecule has 1 spiro atoms. The second kappa shape index (κ2) is 10.1. The van der Waals surface area contributed by atoms with E-state index in [2.05, 4.69) is 43.2 Å². The van der Waals surface area contributed by atoms with Crippen LogP contribution in [0.5, 0.6) is 0 Å². The van der Waals surface area contributed by atoms with Crippen molar-refractivity contribution in [3.8, 4) is 0 Å². The van der Waals surface area contributed by atoms with Crippen LogP contribution in [-0.2, 0) is 9.47 Å². The fourth-order valence-electron chi connectivity index (χ4n) is 4.67. The molecule has 0 amide bonds. The van der Waals surface area contributed by atoms with Crippen LogP contribution < -0.4 is 10.6 Å². The maximum absolute atomic E-state index is 5.98. The zero-order valence-electron chi connectivity index (χ0n) is 17.6. The summed E-state index contributed by atoms with van der Waals surface area (Å²) in [6.07, 6.45) is 5.44. The van der Waals surface area contributed by atoms with Crippen LogP contribution >= 0.6 is 24.0 Å². The Morgan fingerprint density at radius 3 is 2.52 bits per heavy atom. The molecule has 1 heterocycles. The normalized spacial score (nSPS) is 28.1. The minimum absolute atomic E-state index is 0. The predicted octanol–water partition coefficient (Wildman–Crippen LogP) is 2.62. The first-order chi connectivity index (χ1) is 12.5. The molecular formula is C20H39IN4O2. The molecule has 158 valence electrons. The van der Waals surface area contributed by atoms with Crippen LogP contribution in [0.4, 0.5) is 0 Å². The van der Waals surface area contributed by atoms with E-state index >= 15 is 0 Å². The van der Waals surface area contributed by atoms with Gasteiger partial charge in [-0.05, 0) is 47.0 Å². The summed E-state index contributed by atoms with van der Waals surface area (Å²) >= 11 is 0. The van der Waals surface area contributed by atoms with Gasteiger partial charge in [0.15, 0.2) is 5.96 Å². The highest BCUT2D eigenvalue weighted by molar-refractivity contribution is 14.0. The van der Waals surface area contributed by atoms with Gasteiger partial charge in [-0.2, -0.15) is 0 Å². The molecule has 2 saturated carbocycles. The van der Waals surface area contributed by atoms with Crippen molar-refractivity contribution in [1.29, 1.82) is 0 Å². The molecule has 0 radical (unpaired) electrons. The summed E-state index contributed by atoms with van der Waals surface area (Å²) < 4.78 is 11.5. The Bertz CT molecular complexity index is 490. The summed E-state index contributed by atoms with van der Waals surface area (Å²) in [5.41, 5.74) is 0.402. The third kappa shape index (κ3) is 5.08. The highest BCUT2D eigenvalue weighted by atomic mass is 127. The van der Waals surface area contributed by atoms with Crippen molar-refractivity contribution >= 4 is 29.9 Å². The molecule has 0 bridgehead atoms. The molecule has 0 aromatic carbocycles. The number of ether oxygens (including phenoxy) is 2. The van der Waals surface area contributed by atoms with Crippen LogP contribution in [0.1, 0.15) is 53.4 Å². The molecule has 1 saturated heterocycles. The number of hydrogen-bond acceptors (Lipinski definition) is 4. The van der Waals surface area contributed by atoms with Crippen LogP contribution in [0.15, 0.2) is 4.99 Å². The van der Waals surface area contributed by atoms with Gasteiger partial charge >= 0.3 is 0 Å². The molecule has 6 nitrogen and oxygen atoms in total. The molecule has 0 aromatic rings. The van der Waals surface area contributed by atoms with Gasteiger partial charge in [-0.1, -0.05) is 6.42 Å². The Hall–Kier alpha value is -0.120. The maximum Gasteiger partial charge on any atom is 0.191 e. The summed E-state index contributed by atoms with van der Waals surface area (Å²) in [4.78, 5) is 7.44. The molecule has 2 aliphatic carbocycles. The Balaban J connectivity index is 0.00000261. The predicted molar refractivity (Wildman–Crippen MR) is 121 cm³/mol. The van der Waals surface area contributed by atoms with Crippen molar-refractivity contribution in [2.45, 2.75) is 71.1 Å². The molecule has 2 N–H and O–H groups in total. The van der Waals surface area contributed by atoms with Crippen molar-refractivity contribution in [3.05, 3.63) is 0 Å². The second-order valence-corrected chi connectivity index (χ2v) is 8.57. The van der Waals surface area contributed by atoms with Gasteiger partial charge in [0.1, 0.15) is 0 Å².